The van der Waals surface area contributed by atoms with Crippen LogP contribution in [0.2, 0.25) is 5.02 Å². The van der Waals surface area contributed by atoms with E-state index < -0.39 is 0 Å². The van der Waals surface area contributed by atoms with Gasteiger partial charge in [-0.15, -0.1) is 24.8 Å². The topological polar surface area (TPSA) is 87.2 Å². The van der Waals surface area contributed by atoms with E-state index in [1.807, 2.05) is 11.1 Å². The molecule has 0 bridgehead atoms. The van der Waals surface area contributed by atoms with Crippen molar-refractivity contribution in [3.8, 4) is 5.75 Å². The van der Waals surface area contributed by atoms with Crippen molar-refractivity contribution in [2.24, 2.45) is 0 Å². The maximum Gasteiger partial charge on any atom is 0.261 e. The second kappa shape index (κ2) is 10.2. The molecule has 0 amide bonds. The van der Waals surface area contributed by atoms with Crippen molar-refractivity contribution in [1.29, 1.82) is 0 Å². The zero-order valence-corrected chi connectivity index (χ0v) is 20.0. The van der Waals surface area contributed by atoms with Crippen LogP contribution in [-0.4, -0.2) is 51.6 Å². The number of aromatic nitrogens is 4. The smallest absolute Gasteiger partial charge is 0.261 e. The molecule has 1 N–H and O–H groups in total. The van der Waals surface area contributed by atoms with Gasteiger partial charge in [0.15, 0.2) is 0 Å². The van der Waals surface area contributed by atoms with Crippen LogP contribution in [0.5, 0.6) is 5.75 Å². The number of benzene rings is 1. The molecule has 2 aromatic heterocycles. The third-order valence-corrected chi connectivity index (χ3v) is 6.10. The molecule has 2 aliphatic heterocycles. The predicted octanol–water partition coefficient (Wildman–Crippen LogP) is 3.38. The Balaban J connectivity index is 0.00000144. The van der Waals surface area contributed by atoms with Gasteiger partial charge in [-0.05, 0) is 32.0 Å². The fraction of sp³-hybridized carbons (Fsp3) is 0.429. The molecule has 0 aliphatic carbocycles. The molecular formula is C21H25Cl3N6O2. The highest BCUT2D eigenvalue weighted by molar-refractivity contribution is 6.35. The maximum atomic E-state index is 12.6. The van der Waals surface area contributed by atoms with Crippen molar-refractivity contribution >= 4 is 53.3 Å². The number of likely N-dealkylation sites (tertiary alicyclic amines) is 1. The van der Waals surface area contributed by atoms with E-state index in [2.05, 4.69) is 19.9 Å². The first-order chi connectivity index (χ1) is 14.6. The van der Waals surface area contributed by atoms with E-state index >= 15 is 0 Å². The van der Waals surface area contributed by atoms with Gasteiger partial charge >= 0.3 is 0 Å². The van der Waals surface area contributed by atoms with E-state index in [0.29, 0.717) is 34.2 Å². The number of fused-ring (bicyclic) bond motifs is 2. The van der Waals surface area contributed by atoms with Gasteiger partial charge in [-0.1, -0.05) is 11.6 Å². The van der Waals surface area contributed by atoms with Crippen LogP contribution in [0, 0.1) is 0 Å². The molecule has 172 valence electrons. The molecule has 0 saturated carbocycles. The standard InChI is InChI=1S/C21H23ClN6O2.2ClH/c1-30-14-8-15(22)19-17(9-14)25-21(26-20(19)29)28-7-4-16-13(11-28)10-23-18(24-16)12-27-5-2-3-6-27;;/h8-10H,2-7,11-12H2,1H3,(H,25,26,29);2*1H. The Morgan fingerprint density at radius 2 is 1.94 bits per heavy atom. The summed E-state index contributed by atoms with van der Waals surface area (Å²) >= 11 is 6.25. The van der Waals surface area contributed by atoms with Crippen LogP contribution in [-0.2, 0) is 19.5 Å². The van der Waals surface area contributed by atoms with Gasteiger partial charge in [-0.25, -0.2) is 15.0 Å². The number of H-pyrrole nitrogens is 1. The number of ether oxygens (including phenoxy) is 1. The Morgan fingerprint density at radius 3 is 2.69 bits per heavy atom. The van der Waals surface area contributed by atoms with E-state index in [1.165, 1.54) is 12.8 Å². The lowest BCUT2D eigenvalue weighted by molar-refractivity contribution is 0.321. The second-order valence-corrected chi connectivity index (χ2v) is 8.21. The summed E-state index contributed by atoms with van der Waals surface area (Å²) in [4.78, 5) is 34.0. The highest BCUT2D eigenvalue weighted by atomic mass is 35.5. The van der Waals surface area contributed by atoms with Gasteiger partial charge in [0.2, 0.25) is 5.95 Å². The summed E-state index contributed by atoms with van der Waals surface area (Å²) in [6.45, 7) is 4.40. The Morgan fingerprint density at radius 1 is 1.16 bits per heavy atom. The monoisotopic (exact) mass is 498 g/mol. The molecule has 11 heteroatoms. The summed E-state index contributed by atoms with van der Waals surface area (Å²) in [6.07, 6.45) is 5.21. The SMILES string of the molecule is COc1cc(Cl)c2c(=O)[nH]c(N3CCc4nc(CN5CCCC5)ncc4C3)nc2c1.Cl.Cl. The van der Waals surface area contributed by atoms with Crippen LogP contribution in [0.3, 0.4) is 0 Å². The largest absolute Gasteiger partial charge is 0.497 e. The molecule has 32 heavy (non-hydrogen) atoms. The van der Waals surface area contributed by atoms with Crippen LogP contribution in [0.15, 0.2) is 23.1 Å². The van der Waals surface area contributed by atoms with E-state index in [0.717, 1.165) is 49.7 Å². The first-order valence-electron chi connectivity index (χ1n) is 10.2. The minimum atomic E-state index is -0.259. The number of hydrogen-bond donors (Lipinski definition) is 1. The summed E-state index contributed by atoms with van der Waals surface area (Å²) in [6, 6.07) is 3.35. The fourth-order valence-electron chi connectivity index (χ4n) is 4.21. The minimum Gasteiger partial charge on any atom is -0.497 e. The van der Waals surface area contributed by atoms with E-state index in [9.17, 15) is 4.79 Å². The highest BCUT2D eigenvalue weighted by Crippen LogP contribution is 2.27. The quantitative estimate of drug-likeness (QED) is 0.589. The summed E-state index contributed by atoms with van der Waals surface area (Å²) in [7, 11) is 1.56. The van der Waals surface area contributed by atoms with Gasteiger partial charge in [0.1, 0.15) is 11.6 Å². The minimum absolute atomic E-state index is 0. The summed E-state index contributed by atoms with van der Waals surface area (Å²) in [5.74, 6) is 1.98. The second-order valence-electron chi connectivity index (χ2n) is 7.81. The van der Waals surface area contributed by atoms with Crippen molar-refractivity contribution in [2.75, 3.05) is 31.6 Å². The molecule has 0 radical (unpaired) electrons. The van der Waals surface area contributed by atoms with Crippen LogP contribution in [0.1, 0.15) is 29.9 Å². The predicted molar refractivity (Wildman–Crippen MR) is 130 cm³/mol. The Bertz CT molecular complexity index is 1170. The summed E-state index contributed by atoms with van der Waals surface area (Å²) in [5, 5.41) is 0.695. The molecular weight excluding hydrogens is 475 g/mol. The summed E-state index contributed by atoms with van der Waals surface area (Å²) < 4.78 is 5.26. The number of methoxy groups -OCH3 is 1. The lowest BCUT2D eigenvalue weighted by Gasteiger charge is -2.29. The van der Waals surface area contributed by atoms with Crippen LogP contribution < -0.4 is 15.2 Å². The van der Waals surface area contributed by atoms with E-state index in [4.69, 9.17) is 21.3 Å². The van der Waals surface area contributed by atoms with Gasteiger partial charge in [0.25, 0.3) is 5.56 Å². The number of nitrogens with zero attached hydrogens (tertiary/aromatic N) is 5. The number of rotatable bonds is 4. The van der Waals surface area contributed by atoms with E-state index in [-0.39, 0.29) is 30.4 Å². The number of nitrogens with one attached hydrogen (secondary N) is 1. The van der Waals surface area contributed by atoms with Crippen molar-refractivity contribution in [2.45, 2.75) is 32.4 Å². The van der Waals surface area contributed by atoms with E-state index in [1.54, 1.807) is 19.2 Å². The molecule has 5 rings (SSSR count). The zero-order valence-electron chi connectivity index (χ0n) is 17.6. The third kappa shape index (κ3) is 4.78. The highest BCUT2D eigenvalue weighted by Gasteiger charge is 2.22. The summed E-state index contributed by atoms with van der Waals surface area (Å²) in [5.41, 5.74) is 2.41. The molecule has 8 nitrogen and oxygen atoms in total. The maximum absolute atomic E-state index is 12.6. The molecule has 0 atom stereocenters. The zero-order chi connectivity index (χ0) is 20.7. The lowest BCUT2D eigenvalue weighted by atomic mass is 10.1. The van der Waals surface area contributed by atoms with Gasteiger partial charge in [0.05, 0.1) is 35.3 Å². The molecule has 1 fully saturated rings. The molecule has 4 heterocycles. The average molecular weight is 500 g/mol. The van der Waals surface area contributed by atoms with Crippen LogP contribution >= 0.6 is 36.4 Å². The molecule has 1 saturated heterocycles. The van der Waals surface area contributed by atoms with Crippen molar-refractivity contribution in [3.63, 3.8) is 0 Å². The molecule has 2 aliphatic rings. The van der Waals surface area contributed by atoms with Gasteiger partial charge in [0, 0.05) is 37.3 Å². The van der Waals surface area contributed by atoms with Gasteiger partial charge in [-0.3, -0.25) is 14.7 Å². The van der Waals surface area contributed by atoms with Gasteiger partial charge in [-0.2, -0.15) is 0 Å². The fourth-order valence-corrected chi connectivity index (χ4v) is 4.50. The first-order valence-corrected chi connectivity index (χ1v) is 10.6. The molecule has 3 aromatic rings. The van der Waals surface area contributed by atoms with Crippen molar-refractivity contribution < 1.29 is 4.74 Å². The van der Waals surface area contributed by atoms with Crippen LogP contribution in [0.25, 0.3) is 10.9 Å². The Kier molecular flexibility index (Phi) is 7.82. The average Bonchev–Trinajstić information content (AvgIpc) is 3.25. The Labute approximate surface area is 203 Å². The lowest BCUT2D eigenvalue weighted by Crippen LogP contribution is -2.34. The normalized spacial score (nSPS) is 15.8. The molecule has 0 spiro atoms. The third-order valence-electron chi connectivity index (χ3n) is 5.80. The van der Waals surface area contributed by atoms with Gasteiger partial charge < -0.3 is 9.64 Å². The van der Waals surface area contributed by atoms with Crippen molar-refractivity contribution in [1.82, 2.24) is 24.8 Å². The Hall–Kier alpha value is -2.13. The number of aromatic amines is 1. The first kappa shape index (κ1) is 24.5. The number of halogens is 3. The number of hydrogen-bond acceptors (Lipinski definition) is 7. The van der Waals surface area contributed by atoms with Crippen LogP contribution in [0.4, 0.5) is 5.95 Å². The van der Waals surface area contributed by atoms with Crippen molar-refractivity contribution in [3.05, 3.63) is 50.8 Å². The molecule has 0 unspecified atom stereocenters. The molecule has 1 aromatic carbocycles. The number of anilines is 1.